The van der Waals surface area contributed by atoms with Crippen LogP contribution in [0.25, 0.3) is 6.08 Å². The number of carbonyl (C=O) groups excluding carboxylic acids is 3. The molecule has 4 rings (SSSR count). The van der Waals surface area contributed by atoms with Crippen molar-refractivity contribution in [3.8, 4) is 0 Å². The molecule has 3 amide bonds. The molecular weight excluding hydrogens is 482 g/mol. The normalized spacial score (nSPS) is 10.8. The molecule has 0 aliphatic carbocycles. The van der Waals surface area contributed by atoms with Crippen LogP contribution in [0.4, 0.5) is 11.4 Å². The minimum atomic E-state index is -1.08. The maximum atomic E-state index is 13.1. The van der Waals surface area contributed by atoms with Gasteiger partial charge in [0, 0.05) is 22.5 Å². The van der Waals surface area contributed by atoms with Crippen molar-refractivity contribution >= 4 is 41.1 Å². The zero-order valence-electron chi connectivity index (χ0n) is 20.0. The fraction of sp³-hybridized carbons (Fsp3) is 0. The first-order valence-electron chi connectivity index (χ1n) is 11.6. The van der Waals surface area contributed by atoms with Crippen LogP contribution in [0.1, 0.15) is 36.6 Å². The largest absolute Gasteiger partial charge is 0.478 e. The average molecular weight is 506 g/mol. The van der Waals surface area contributed by atoms with Crippen molar-refractivity contribution in [3.05, 3.63) is 137 Å². The number of benzene rings is 4. The molecule has 0 heterocycles. The summed E-state index contributed by atoms with van der Waals surface area (Å²) in [6, 6.07) is 29.7. The van der Waals surface area contributed by atoms with Crippen LogP contribution < -0.4 is 16.0 Å². The average Bonchev–Trinajstić information content (AvgIpc) is 2.94. The molecule has 0 fully saturated rings. The Morgan fingerprint density at radius 3 is 1.63 bits per heavy atom. The van der Waals surface area contributed by atoms with Crippen molar-refractivity contribution in [2.75, 3.05) is 10.6 Å². The molecule has 0 aromatic heterocycles. The van der Waals surface area contributed by atoms with E-state index in [0.717, 1.165) is 0 Å². The van der Waals surface area contributed by atoms with Gasteiger partial charge >= 0.3 is 5.97 Å². The highest BCUT2D eigenvalue weighted by Crippen LogP contribution is 2.15. The Morgan fingerprint density at radius 1 is 0.553 bits per heavy atom. The van der Waals surface area contributed by atoms with E-state index in [-0.39, 0.29) is 22.7 Å². The summed E-state index contributed by atoms with van der Waals surface area (Å²) < 4.78 is 0. The molecular formula is C30H23N3O5. The summed E-state index contributed by atoms with van der Waals surface area (Å²) in [4.78, 5) is 49.5. The highest BCUT2D eigenvalue weighted by molar-refractivity contribution is 6.11. The quantitative estimate of drug-likeness (QED) is 0.250. The SMILES string of the molecule is O=C(Nc1ccc(C(=O)O)cc1)C(=Cc1ccccc1)NC(=O)c1ccc(NC(=O)c2ccccc2)cc1. The monoisotopic (exact) mass is 505 g/mol. The Balaban J connectivity index is 1.49. The number of nitrogens with one attached hydrogen (secondary N) is 3. The van der Waals surface area contributed by atoms with Gasteiger partial charge in [0.25, 0.3) is 17.7 Å². The summed E-state index contributed by atoms with van der Waals surface area (Å²) in [7, 11) is 0. The molecule has 0 saturated carbocycles. The van der Waals surface area contributed by atoms with E-state index in [1.807, 2.05) is 12.1 Å². The van der Waals surface area contributed by atoms with Gasteiger partial charge in [0.15, 0.2) is 0 Å². The van der Waals surface area contributed by atoms with Crippen LogP contribution in [0.3, 0.4) is 0 Å². The summed E-state index contributed by atoms with van der Waals surface area (Å²) in [5.74, 6) is -2.46. The van der Waals surface area contributed by atoms with Crippen molar-refractivity contribution in [2.24, 2.45) is 0 Å². The summed E-state index contributed by atoms with van der Waals surface area (Å²) in [5.41, 5.74) is 2.43. The molecule has 8 heteroatoms. The first-order chi connectivity index (χ1) is 18.4. The van der Waals surface area contributed by atoms with Crippen molar-refractivity contribution < 1.29 is 24.3 Å². The van der Waals surface area contributed by atoms with Crippen LogP contribution in [0.2, 0.25) is 0 Å². The Labute approximate surface area is 218 Å². The van der Waals surface area contributed by atoms with Gasteiger partial charge in [0.1, 0.15) is 5.70 Å². The molecule has 38 heavy (non-hydrogen) atoms. The summed E-state index contributed by atoms with van der Waals surface area (Å²) in [6.07, 6.45) is 1.54. The van der Waals surface area contributed by atoms with Gasteiger partial charge in [-0.3, -0.25) is 14.4 Å². The lowest BCUT2D eigenvalue weighted by molar-refractivity contribution is -0.113. The lowest BCUT2D eigenvalue weighted by Gasteiger charge is -2.12. The Kier molecular flexibility index (Phi) is 8.05. The zero-order chi connectivity index (χ0) is 26.9. The van der Waals surface area contributed by atoms with Gasteiger partial charge in [-0.15, -0.1) is 0 Å². The van der Waals surface area contributed by atoms with Gasteiger partial charge < -0.3 is 21.1 Å². The number of aromatic carboxylic acids is 1. The fourth-order valence-electron chi connectivity index (χ4n) is 3.46. The van der Waals surface area contributed by atoms with Gasteiger partial charge in [-0.05, 0) is 72.3 Å². The van der Waals surface area contributed by atoms with E-state index in [1.165, 1.54) is 30.3 Å². The predicted octanol–water partition coefficient (Wildman–Crippen LogP) is 5.05. The van der Waals surface area contributed by atoms with Gasteiger partial charge in [-0.1, -0.05) is 48.5 Å². The fourth-order valence-corrected chi connectivity index (χ4v) is 3.46. The van der Waals surface area contributed by atoms with E-state index in [9.17, 15) is 19.2 Å². The molecule has 0 saturated heterocycles. The van der Waals surface area contributed by atoms with Crippen molar-refractivity contribution in [3.63, 3.8) is 0 Å². The van der Waals surface area contributed by atoms with Gasteiger partial charge in [-0.2, -0.15) is 0 Å². The first kappa shape index (κ1) is 25.6. The number of carboxylic acids is 1. The smallest absolute Gasteiger partial charge is 0.335 e. The third-order valence-electron chi connectivity index (χ3n) is 5.43. The van der Waals surface area contributed by atoms with Crippen molar-refractivity contribution in [1.82, 2.24) is 5.32 Å². The van der Waals surface area contributed by atoms with E-state index in [2.05, 4.69) is 16.0 Å². The predicted molar refractivity (Wildman–Crippen MR) is 145 cm³/mol. The molecule has 4 N–H and O–H groups in total. The zero-order valence-corrected chi connectivity index (χ0v) is 20.0. The lowest BCUT2D eigenvalue weighted by Crippen LogP contribution is -2.30. The van der Waals surface area contributed by atoms with Crippen LogP contribution in [-0.2, 0) is 4.79 Å². The number of anilines is 2. The second-order valence-electron chi connectivity index (χ2n) is 8.16. The maximum absolute atomic E-state index is 13.1. The summed E-state index contributed by atoms with van der Waals surface area (Å²) in [6.45, 7) is 0. The number of amides is 3. The molecule has 8 nitrogen and oxygen atoms in total. The first-order valence-corrected chi connectivity index (χ1v) is 11.6. The van der Waals surface area contributed by atoms with Crippen molar-refractivity contribution in [1.29, 1.82) is 0 Å². The summed E-state index contributed by atoms with van der Waals surface area (Å²) >= 11 is 0. The number of hydrogen-bond acceptors (Lipinski definition) is 4. The van der Waals surface area contributed by atoms with Crippen LogP contribution in [0, 0.1) is 0 Å². The minimum Gasteiger partial charge on any atom is -0.478 e. The number of carbonyl (C=O) groups is 4. The third-order valence-corrected chi connectivity index (χ3v) is 5.43. The van der Waals surface area contributed by atoms with Crippen LogP contribution in [0.15, 0.2) is 115 Å². The van der Waals surface area contributed by atoms with Gasteiger partial charge in [0.05, 0.1) is 5.56 Å². The van der Waals surface area contributed by atoms with Crippen LogP contribution >= 0.6 is 0 Å². The molecule has 0 atom stereocenters. The topological polar surface area (TPSA) is 125 Å². The number of hydrogen-bond donors (Lipinski definition) is 4. The van der Waals surface area contributed by atoms with Crippen LogP contribution in [-0.4, -0.2) is 28.8 Å². The molecule has 188 valence electrons. The molecule has 4 aromatic carbocycles. The van der Waals surface area contributed by atoms with Gasteiger partial charge in [0.2, 0.25) is 0 Å². The molecule has 0 spiro atoms. The Hall–Kier alpha value is -5.50. The molecule has 4 aromatic rings. The lowest BCUT2D eigenvalue weighted by atomic mass is 10.1. The Morgan fingerprint density at radius 2 is 1.05 bits per heavy atom. The molecule has 0 radical (unpaired) electrons. The van der Waals surface area contributed by atoms with Crippen molar-refractivity contribution in [2.45, 2.75) is 0 Å². The van der Waals surface area contributed by atoms with E-state index in [1.54, 1.807) is 72.8 Å². The standard InChI is InChI=1S/C30H23N3O5/c34-27(21-9-5-2-6-10-21)31-24-15-11-22(12-16-24)28(35)33-26(19-20-7-3-1-4-8-20)29(36)32-25-17-13-23(14-18-25)30(37)38/h1-19H,(H,31,34)(H,32,36)(H,33,35)(H,37,38). The minimum absolute atomic E-state index is 0.00929. The molecule has 0 aliphatic rings. The highest BCUT2D eigenvalue weighted by Gasteiger charge is 2.16. The van der Waals surface area contributed by atoms with E-state index in [0.29, 0.717) is 22.5 Å². The number of rotatable bonds is 8. The molecule has 0 unspecified atom stereocenters. The van der Waals surface area contributed by atoms with E-state index < -0.39 is 17.8 Å². The third kappa shape index (κ3) is 6.79. The van der Waals surface area contributed by atoms with E-state index in [4.69, 9.17) is 5.11 Å². The second-order valence-corrected chi connectivity index (χ2v) is 8.16. The number of carboxylic acid groups (broad SMARTS) is 1. The second kappa shape index (κ2) is 12.0. The summed E-state index contributed by atoms with van der Waals surface area (Å²) in [5, 5.41) is 17.2. The molecule has 0 aliphatic heterocycles. The maximum Gasteiger partial charge on any atom is 0.335 e. The Bertz CT molecular complexity index is 1480. The van der Waals surface area contributed by atoms with E-state index >= 15 is 0 Å². The highest BCUT2D eigenvalue weighted by atomic mass is 16.4. The van der Waals surface area contributed by atoms with Crippen LogP contribution in [0.5, 0.6) is 0 Å². The molecule has 0 bridgehead atoms. The van der Waals surface area contributed by atoms with Gasteiger partial charge in [-0.25, -0.2) is 4.79 Å².